The number of rotatable bonds is 3. The van der Waals surface area contributed by atoms with E-state index in [1.54, 1.807) is 12.1 Å². The highest BCUT2D eigenvalue weighted by molar-refractivity contribution is 9.10. The van der Waals surface area contributed by atoms with Gasteiger partial charge in [-0.15, -0.1) is 0 Å². The predicted octanol–water partition coefficient (Wildman–Crippen LogP) is 3.77. The van der Waals surface area contributed by atoms with Gasteiger partial charge in [-0.1, -0.05) is 34.1 Å². The second-order valence-corrected chi connectivity index (χ2v) is 6.24. The summed E-state index contributed by atoms with van der Waals surface area (Å²) in [6, 6.07) is 14.2. The summed E-state index contributed by atoms with van der Waals surface area (Å²) in [7, 11) is 0. The first-order valence-corrected chi connectivity index (χ1v) is 8.34. The van der Waals surface area contributed by atoms with Crippen LogP contribution in [0.1, 0.15) is 5.56 Å². The van der Waals surface area contributed by atoms with Crippen molar-refractivity contribution < 1.29 is 9.66 Å². The first kappa shape index (κ1) is 16.6. The lowest BCUT2D eigenvalue weighted by atomic mass is 10.1. The van der Waals surface area contributed by atoms with E-state index < -0.39 is 0 Å². The summed E-state index contributed by atoms with van der Waals surface area (Å²) in [4.78, 5) is 17.5. The summed E-state index contributed by atoms with van der Waals surface area (Å²) in [5.74, 6) is 0.722. The molecule has 3 rings (SSSR count). The number of amidine groups is 1. The molecule has 0 atom stereocenters. The summed E-state index contributed by atoms with van der Waals surface area (Å²) in [5.41, 5.74) is 1.58. The number of benzene rings is 2. The smallest absolute Gasteiger partial charge is 0.270 e. The van der Waals surface area contributed by atoms with Gasteiger partial charge in [0.2, 0.25) is 0 Å². The lowest BCUT2D eigenvalue weighted by molar-refractivity contribution is -0.384. The minimum absolute atomic E-state index is 0.0581. The van der Waals surface area contributed by atoms with E-state index >= 15 is 0 Å². The molecule has 24 heavy (non-hydrogen) atoms. The zero-order valence-electron chi connectivity index (χ0n) is 12.9. The molecule has 0 aromatic heterocycles. The van der Waals surface area contributed by atoms with Crippen molar-refractivity contribution in [2.24, 2.45) is 4.99 Å². The van der Waals surface area contributed by atoms with E-state index in [9.17, 15) is 10.1 Å². The van der Waals surface area contributed by atoms with Crippen molar-refractivity contribution in [3.05, 3.63) is 68.7 Å². The first-order valence-electron chi connectivity index (χ1n) is 7.55. The van der Waals surface area contributed by atoms with Crippen LogP contribution in [0.3, 0.4) is 0 Å². The van der Waals surface area contributed by atoms with Crippen molar-refractivity contribution in [2.75, 3.05) is 26.3 Å². The highest BCUT2D eigenvalue weighted by atomic mass is 79.9. The molecular weight excluding hydrogens is 374 g/mol. The van der Waals surface area contributed by atoms with Crippen LogP contribution in [0, 0.1) is 10.1 Å². The lowest BCUT2D eigenvalue weighted by Crippen LogP contribution is -2.41. The maximum absolute atomic E-state index is 11.1. The number of hydrogen-bond donors (Lipinski definition) is 0. The van der Waals surface area contributed by atoms with Gasteiger partial charge in [0.1, 0.15) is 5.84 Å². The minimum Gasteiger partial charge on any atom is -0.378 e. The number of nitro groups is 1. The quantitative estimate of drug-likeness (QED) is 0.346. The molecule has 1 heterocycles. The van der Waals surface area contributed by atoms with Crippen molar-refractivity contribution in [1.29, 1.82) is 0 Å². The number of ether oxygens (including phenoxy) is 1. The summed E-state index contributed by atoms with van der Waals surface area (Å²) < 4.78 is 6.34. The zero-order valence-corrected chi connectivity index (χ0v) is 14.5. The third-order valence-electron chi connectivity index (χ3n) is 3.67. The highest BCUT2D eigenvalue weighted by Crippen LogP contribution is 2.22. The monoisotopic (exact) mass is 389 g/mol. The van der Waals surface area contributed by atoms with Crippen molar-refractivity contribution in [3.8, 4) is 0 Å². The Kier molecular flexibility index (Phi) is 5.22. The maximum atomic E-state index is 11.1. The molecule has 1 aliphatic rings. The molecule has 1 saturated heterocycles. The van der Waals surface area contributed by atoms with Crippen molar-refractivity contribution in [1.82, 2.24) is 4.90 Å². The van der Waals surface area contributed by atoms with E-state index in [-0.39, 0.29) is 10.6 Å². The third kappa shape index (κ3) is 3.98. The highest BCUT2D eigenvalue weighted by Gasteiger charge is 2.19. The van der Waals surface area contributed by atoms with E-state index in [2.05, 4.69) is 20.8 Å². The molecule has 6 nitrogen and oxygen atoms in total. The molecule has 124 valence electrons. The van der Waals surface area contributed by atoms with Gasteiger partial charge in [0.15, 0.2) is 0 Å². The van der Waals surface area contributed by atoms with E-state index in [0.29, 0.717) is 26.3 Å². The number of hydrogen-bond acceptors (Lipinski definition) is 4. The summed E-state index contributed by atoms with van der Waals surface area (Å²) in [6.07, 6.45) is 0. The Bertz CT molecular complexity index is 773. The first-order chi connectivity index (χ1) is 11.6. The largest absolute Gasteiger partial charge is 0.378 e. The van der Waals surface area contributed by atoms with Crippen molar-refractivity contribution >= 4 is 33.1 Å². The second-order valence-electron chi connectivity index (χ2n) is 5.32. The molecule has 0 bridgehead atoms. The van der Waals surface area contributed by atoms with Crippen LogP contribution >= 0.6 is 15.9 Å². The fourth-order valence-electron chi connectivity index (χ4n) is 2.52. The fraction of sp³-hybridized carbons (Fsp3) is 0.235. The van der Waals surface area contributed by atoms with Crippen molar-refractivity contribution in [2.45, 2.75) is 0 Å². The summed E-state index contributed by atoms with van der Waals surface area (Å²) in [5, 5.41) is 11.1. The Morgan fingerprint density at radius 1 is 1.17 bits per heavy atom. The molecule has 2 aromatic carbocycles. The lowest BCUT2D eigenvalue weighted by Gasteiger charge is -2.30. The summed E-state index contributed by atoms with van der Waals surface area (Å²) in [6.45, 7) is 2.64. The minimum atomic E-state index is -0.389. The van der Waals surface area contributed by atoms with Gasteiger partial charge in [0.25, 0.3) is 5.69 Å². The Hall–Kier alpha value is -2.25. The van der Waals surface area contributed by atoms with Gasteiger partial charge < -0.3 is 9.64 Å². The van der Waals surface area contributed by atoms with Gasteiger partial charge in [0, 0.05) is 35.3 Å². The van der Waals surface area contributed by atoms with Gasteiger partial charge in [0.05, 0.1) is 23.8 Å². The molecule has 0 amide bonds. The Morgan fingerprint density at radius 3 is 2.62 bits per heavy atom. The predicted molar refractivity (Wildman–Crippen MR) is 95.8 cm³/mol. The van der Waals surface area contributed by atoms with Gasteiger partial charge in [-0.2, -0.15) is 0 Å². The topological polar surface area (TPSA) is 68.0 Å². The molecule has 0 aliphatic carbocycles. The van der Waals surface area contributed by atoms with Crippen LogP contribution in [0.5, 0.6) is 0 Å². The van der Waals surface area contributed by atoms with E-state index in [4.69, 9.17) is 9.73 Å². The maximum Gasteiger partial charge on any atom is 0.270 e. The molecule has 7 heteroatoms. The van der Waals surface area contributed by atoms with Crippen LogP contribution in [0.2, 0.25) is 0 Å². The second kappa shape index (κ2) is 7.55. The molecule has 0 radical (unpaired) electrons. The Balaban J connectivity index is 2.04. The fourth-order valence-corrected chi connectivity index (χ4v) is 2.91. The van der Waals surface area contributed by atoms with Crippen LogP contribution in [-0.2, 0) is 4.74 Å². The van der Waals surface area contributed by atoms with Gasteiger partial charge in [-0.3, -0.25) is 10.1 Å². The Labute approximate surface area is 148 Å². The van der Waals surface area contributed by atoms with Crippen molar-refractivity contribution in [3.63, 3.8) is 0 Å². The standard InChI is InChI=1S/C17H16BrN3O3/c18-14-4-2-5-15(12-14)19-17(20-7-9-24-10-8-20)13-3-1-6-16(11-13)21(22)23/h1-6,11-12H,7-10H2. The van der Waals surface area contributed by atoms with Gasteiger partial charge in [-0.05, 0) is 18.2 Å². The molecule has 1 aliphatic heterocycles. The number of morpholine rings is 1. The van der Waals surface area contributed by atoms with Crippen LogP contribution < -0.4 is 0 Å². The van der Waals surface area contributed by atoms with Crippen LogP contribution in [0.4, 0.5) is 11.4 Å². The van der Waals surface area contributed by atoms with Crippen LogP contribution in [0.25, 0.3) is 0 Å². The van der Waals surface area contributed by atoms with Crippen LogP contribution in [0.15, 0.2) is 58.0 Å². The summed E-state index contributed by atoms with van der Waals surface area (Å²) >= 11 is 3.44. The van der Waals surface area contributed by atoms with E-state index in [0.717, 1.165) is 21.6 Å². The average molecular weight is 390 g/mol. The number of nitrogens with zero attached hydrogens (tertiary/aromatic N) is 3. The molecular formula is C17H16BrN3O3. The van der Waals surface area contributed by atoms with Crippen LogP contribution in [-0.4, -0.2) is 42.0 Å². The molecule has 0 unspecified atom stereocenters. The number of non-ortho nitro benzene ring substituents is 1. The SMILES string of the molecule is O=[N+]([O-])c1cccc(C(=Nc2cccc(Br)c2)N2CCOCC2)c1. The normalized spacial score (nSPS) is 15.4. The zero-order chi connectivity index (χ0) is 16.9. The Morgan fingerprint density at radius 2 is 1.92 bits per heavy atom. The number of aliphatic imine (C=N–C) groups is 1. The molecule has 1 fully saturated rings. The molecule has 2 aromatic rings. The van der Waals surface area contributed by atoms with E-state index in [1.165, 1.54) is 6.07 Å². The third-order valence-corrected chi connectivity index (χ3v) is 4.16. The van der Waals surface area contributed by atoms with Gasteiger partial charge in [-0.25, -0.2) is 4.99 Å². The number of halogens is 1. The molecule has 0 N–H and O–H groups in total. The van der Waals surface area contributed by atoms with Gasteiger partial charge >= 0.3 is 0 Å². The number of nitro benzene ring substituents is 1. The average Bonchev–Trinajstić information content (AvgIpc) is 2.60. The van der Waals surface area contributed by atoms with E-state index in [1.807, 2.05) is 30.3 Å². The molecule has 0 spiro atoms. The molecule has 0 saturated carbocycles.